The highest BCUT2D eigenvalue weighted by molar-refractivity contribution is 7.99. The van der Waals surface area contributed by atoms with Crippen LogP contribution < -0.4 is 5.32 Å². The molecule has 0 saturated carbocycles. The lowest BCUT2D eigenvalue weighted by Gasteiger charge is -2.08. The van der Waals surface area contributed by atoms with E-state index in [9.17, 15) is 17.6 Å². The smallest absolute Gasteiger partial charge is 0.253 e. The number of terminal acetylenes is 1. The molecule has 7 heteroatoms. The predicted molar refractivity (Wildman–Crippen MR) is 58.7 cm³/mol. The van der Waals surface area contributed by atoms with E-state index in [0.29, 0.717) is 11.5 Å². The van der Waals surface area contributed by atoms with Gasteiger partial charge in [-0.05, 0) is 0 Å². The van der Waals surface area contributed by atoms with Crippen molar-refractivity contribution in [3.63, 3.8) is 0 Å². The zero-order valence-electron chi connectivity index (χ0n) is 8.57. The molecule has 0 unspecified atom stereocenters. The predicted octanol–water partition coefficient (Wildman–Crippen LogP) is 2.42. The first kappa shape index (κ1) is 13.6. The number of rotatable bonds is 5. The van der Waals surface area contributed by atoms with Crippen molar-refractivity contribution in [1.82, 2.24) is 4.98 Å². The highest BCUT2D eigenvalue weighted by Gasteiger charge is 2.19. The van der Waals surface area contributed by atoms with Gasteiger partial charge in [0.1, 0.15) is 5.69 Å². The normalized spacial score (nSPS) is 10.1. The molecule has 0 fully saturated rings. The summed E-state index contributed by atoms with van der Waals surface area (Å²) in [5.41, 5.74) is -0.851. The molecule has 0 aliphatic carbocycles. The van der Waals surface area contributed by atoms with Crippen LogP contribution in [0.5, 0.6) is 0 Å². The minimum atomic E-state index is -1.68. The van der Waals surface area contributed by atoms with Crippen LogP contribution in [0.4, 0.5) is 23.2 Å². The standard InChI is InChI=1S/C10H8F4N2S/c1-2-4-17-5-3-15-8-6(11)9(13)16-10(14)7(8)12/h1H,3-5H2,(H,15,16). The number of halogens is 4. The Morgan fingerprint density at radius 1 is 1.18 bits per heavy atom. The first-order chi connectivity index (χ1) is 8.07. The van der Waals surface area contributed by atoms with Crippen molar-refractivity contribution in [3.05, 3.63) is 23.5 Å². The van der Waals surface area contributed by atoms with Gasteiger partial charge in [-0.25, -0.2) is 0 Å². The van der Waals surface area contributed by atoms with Crippen LogP contribution in [-0.4, -0.2) is 23.0 Å². The summed E-state index contributed by atoms with van der Waals surface area (Å²) < 4.78 is 51.5. The Balaban J connectivity index is 2.68. The molecule has 0 saturated heterocycles. The summed E-state index contributed by atoms with van der Waals surface area (Å²) in [4.78, 5) is 2.44. The number of anilines is 1. The summed E-state index contributed by atoms with van der Waals surface area (Å²) in [6, 6.07) is 0. The number of thioether (sulfide) groups is 1. The van der Waals surface area contributed by atoms with E-state index in [2.05, 4.69) is 16.2 Å². The van der Waals surface area contributed by atoms with E-state index in [0.717, 1.165) is 0 Å². The van der Waals surface area contributed by atoms with Crippen LogP contribution in [0.15, 0.2) is 0 Å². The number of nitrogens with one attached hydrogen (secondary N) is 1. The monoisotopic (exact) mass is 264 g/mol. The minimum Gasteiger partial charge on any atom is -0.379 e. The van der Waals surface area contributed by atoms with Crippen LogP contribution in [0.2, 0.25) is 0 Å². The quantitative estimate of drug-likeness (QED) is 0.382. The van der Waals surface area contributed by atoms with E-state index >= 15 is 0 Å². The van der Waals surface area contributed by atoms with Gasteiger partial charge in [-0.15, -0.1) is 18.2 Å². The summed E-state index contributed by atoms with van der Waals surface area (Å²) in [5, 5.41) is 2.26. The van der Waals surface area contributed by atoms with Gasteiger partial charge in [-0.1, -0.05) is 5.92 Å². The van der Waals surface area contributed by atoms with Crippen molar-refractivity contribution in [2.45, 2.75) is 0 Å². The second-order valence-corrected chi connectivity index (χ2v) is 3.99. The highest BCUT2D eigenvalue weighted by Crippen LogP contribution is 2.21. The lowest BCUT2D eigenvalue weighted by Crippen LogP contribution is -2.11. The first-order valence-electron chi connectivity index (χ1n) is 4.53. The highest BCUT2D eigenvalue weighted by atomic mass is 32.2. The minimum absolute atomic E-state index is 0.128. The molecule has 0 bridgehead atoms. The molecule has 1 N–H and O–H groups in total. The van der Waals surface area contributed by atoms with E-state index in [1.165, 1.54) is 11.8 Å². The van der Waals surface area contributed by atoms with Gasteiger partial charge < -0.3 is 5.32 Å². The Hall–Kier alpha value is -1.42. The average molecular weight is 264 g/mol. The van der Waals surface area contributed by atoms with Crippen molar-refractivity contribution in [2.75, 3.05) is 23.4 Å². The molecular formula is C10H8F4N2S. The van der Waals surface area contributed by atoms with E-state index in [1.54, 1.807) is 0 Å². The zero-order valence-corrected chi connectivity index (χ0v) is 9.38. The molecule has 0 radical (unpaired) electrons. The Bertz CT molecular complexity index is 419. The van der Waals surface area contributed by atoms with Crippen LogP contribution in [0, 0.1) is 35.9 Å². The maximum atomic E-state index is 13.1. The van der Waals surface area contributed by atoms with Gasteiger partial charge in [-0.3, -0.25) is 0 Å². The lowest BCUT2D eigenvalue weighted by atomic mass is 10.3. The molecule has 0 aliphatic rings. The Morgan fingerprint density at radius 3 is 2.29 bits per heavy atom. The number of hydrogen-bond acceptors (Lipinski definition) is 3. The first-order valence-corrected chi connectivity index (χ1v) is 5.68. The van der Waals surface area contributed by atoms with Crippen LogP contribution in [-0.2, 0) is 0 Å². The van der Waals surface area contributed by atoms with E-state index in [1.807, 2.05) is 0 Å². The fourth-order valence-corrected chi connectivity index (χ4v) is 1.53. The molecule has 1 heterocycles. The van der Waals surface area contributed by atoms with Crippen LogP contribution in [0.3, 0.4) is 0 Å². The molecule has 92 valence electrons. The number of aromatic nitrogens is 1. The van der Waals surface area contributed by atoms with Crippen LogP contribution in [0.1, 0.15) is 0 Å². The molecule has 2 nitrogen and oxygen atoms in total. The summed E-state index contributed by atoms with van der Waals surface area (Å²) in [5.74, 6) is -3.16. The van der Waals surface area contributed by atoms with Gasteiger partial charge in [0.25, 0.3) is 11.9 Å². The van der Waals surface area contributed by atoms with Crippen molar-refractivity contribution in [3.8, 4) is 12.3 Å². The molecule has 1 rings (SSSR count). The molecule has 17 heavy (non-hydrogen) atoms. The Kier molecular flexibility index (Phi) is 5.10. The van der Waals surface area contributed by atoms with Crippen LogP contribution >= 0.6 is 11.8 Å². The summed E-state index contributed by atoms with van der Waals surface area (Å²) in [6.07, 6.45) is 4.99. The summed E-state index contributed by atoms with van der Waals surface area (Å²) >= 11 is 1.35. The summed E-state index contributed by atoms with van der Waals surface area (Å²) in [6.45, 7) is 0.128. The van der Waals surface area contributed by atoms with E-state index in [-0.39, 0.29) is 6.54 Å². The third-order valence-corrected chi connectivity index (χ3v) is 2.59. The maximum Gasteiger partial charge on any atom is 0.253 e. The SMILES string of the molecule is C#CCSCCNc1c(F)c(F)nc(F)c1F. The van der Waals surface area contributed by atoms with Gasteiger partial charge >= 0.3 is 0 Å². The van der Waals surface area contributed by atoms with Gasteiger partial charge in [0.2, 0.25) is 11.6 Å². The van der Waals surface area contributed by atoms with Crippen molar-refractivity contribution in [1.29, 1.82) is 0 Å². The van der Waals surface area contributed by atoms with Gasteiger partial charge in [0, 0.05) is 12.3 Å². The van der Waals surface area contributed by atoms with Gasteiger partial charge in [0.05, 0.1) is 5.75 Å². The third-order valence-electron chi connectivity index (χ3n) is 1.73. The van der Waals surface area contributed by atoms with Gasteiger partial charge in [0.15, 0.2) is 0 Å². The maximum absolute atomic E-state index is 13.1. The Labute approximate surface area is 99.8 Å². The van der Waals surface area contributed by atoms with Crippen molar-refractivity contribution < 1.29 is 17.6 Å². The number of nitrogens with zero attached hydrogens (tertiary/aromatic N) is 1. The molecule has 0 aromatic carbocycles. The average Bonchev–Trinajstić information content (AvgIpc) is 2.30. The molecule has 0 spiro atoms. The molecular weight excluding hydrogens is 256 g/mol. The molecule has 1 aromatic heterocycles. The zero-order chi connectivity index (χ0) is 12.8. The topological polar surface area (TPSA) is 24.9 Å². The van der Waals surface area contributed by atoms with Gasteiger partial charge in [-0.2, -0.15) is 22.5 Å². The molecule has 0 amide bonds. The largest absolute Gasteiger partial charge is 0.379 e. The second-order valence-electron chi connectivity index (χ2n) is 2.88. The third kappa shape index (κ3) is 3.53. The number of pyridine rings is 1. The molecule has 0 aliphatic heterocycles. The lowest BCUT2D eigenvalue weighted by molar-refractivity contribution is 0.411. The second kappa shape index (κ2) is 6.35. The molecule has 1 aromatic rings. The summed E-state index contributed by atoms with van der Waals surface area (Å²) in [7, 11) is 0. The molecule has 0 atom stereocenters. The van der Waals surface area contributed by atoms with Crippen LogP contribution in [0.25, 0.3) is 0 Å². The number of hydrogen-bond donors (Lipinski definition) is 1. The van der Waals surface area contributed by atoms with E-state index in [4.69, 9.17) is 6.42 Å². The van der Waals surface area contributed by atoms with E-state index < -0.39 is 29.2 Å². The Morgan fingerprint density at radius 2 is 1.76 bits per heavy atom. The van der Waals surface area contributed by atoms with Crippen molar-refractivity contribution in [2.24, 2.45) is 0 Å². The van der Waals surface area contributed by atoms with Crippen molar-refractivity contribution >= 4 is 17.4 Å². The fraction of sp³-hybridized carbons (Fsp3) is 0.300. The fourth-order valence-electron chi connectivity index (χ4n) is 1.02.